The van der Waals surface area contributed by atoms with E-state index in [9.17, 15) is 19.8 Å². The Morgan fingerprint density at radius 3 is 2.65 bits per heavy atom. The Kier molecular flexibility index (Phi) is 3.01. The molecular weight excluding hydrogens is 272 g/mol. The zero-order valence-corrected chi connectivity index (χ0v) is 10.2. The molecule has 1 fully saturated rings. The highest BCUT2D eigenvalue weighted by Crippen LogP contribution is 2.31. The molecule has 1 aromatic rings. The molecule has 10 nitrogen and oxygen atoms in total. The van der Waals surface area contributed by atoms with Crippen molar-refractivity contribution in [2.45, 2.75) is 24.5 Å². The standard InChI is InChI=1S/C10H14N4O6/c15-1-3-5(16)6(17)9(20-3)14-7-4(13-10(14)19)8(18)12-2-11-7/h3,5-6,9,11,15-17H,1-2H2,(H,12,18)(H,13,19)/t3-,5-,6-,9-/m1/s1. The third-order valence-corrected chi connectivity index (χ3v) is 3.43. The summed E-state index contributed by atoms with van der Waals surface area (Å²) in [4.78, 5) is 25.9. The Bertz CT molecular complexity index is 595. The number of hydrogen-bond acceptors (Lipinski definition) is 7. The fourth-order valence-electron chi connectivity index (χ4n) is 2.42. The number of hydrogen-bond donors (Lipinski definition) is 6. The highest BCUT2D eigenvalue weighted by Gasteiger charge is 2.45. The molecule has 3 rings (SSSR count). The van der Waals surface area contributed by atoms with Crippen LogP contribution in [-0.2, 0) is 4.74 Å². The monoisotopic (exact) mass is 286 g/mol. The first kappa shape index (κ1) is 13.1. The van der Waals surface area contributed by atoms with E-state index in [0.717, 1.165) is 4.57 Å². The predicted octanol–water partition coefficient (Wildman–Crippen LogP) is -3.10. The summed E-state index contributed by atoms with van der Waals surface area (Å²) >= 11 is 0. The number of nitrogens with zero attached hydrogens (tertiary/aromatic N) is 1. The van der Waals surface area contributed by atoms with Crippen LogP contribution in [0.15, 0.2) is 4.79 Å². The molecule has 4 atom stereocenters. The van der Waals surface area contributed by atoms with Gasteiger partial charge in [0.2, 0.25) is 0 Å². The van der Waals surface area contributed by atoms with Gasteiger partial charge in [0, 0.05) is 0 Å². The fraction of sp³-hybridized carbons (Fsp3) is 0.600. The van der Waals surface area contributed by atoms with Crippen LogP contribution in [0.25, 0.3) is 0 Å². The molecule has 3 heterocycles. The van der Waals surface area contributed by atoms with Gasteiger partial charge in [-0.3, -0.25) is 9.78 Å². The number of imidazole rings is 1. The lowest BCUT2D eigenvalue weighted by atomic mass is 10.1. The molecule has 0 aromatic carbocycles. The summed E-state index contributed by atoms with van der Waals surface area (Å²) in [5.41, 5.74) is -0.631. The number of aliphatic hydroxyl groups is 3. The normalized spacial score (nSPS) is 32.6. The zero-order chi connectivity index (χ0) is 14.4. The van der Waals surface area contributed by atoms with Gasteiger partial charge in [0.15, 0.2) is 6.23 Å². The highest BCUT2D eigenvalue weighted by atomic mass is 16.6. The molecule has 1 amide bonds. The van der Waals surface area contributed by atoms with E-state index < -0.39 is 42.7 Å². The number of carbonyl (C=O) groups is 1. The number of aromatic amines is 1. The summed E-state index contributed by atoms with van der Waals surface area (Å²) < 4.78 is 6.31. The third kappa shape index (κ3) is 1.73. The number of aliphatic hydroxyl groups excluding tert-OH is 3. The van der Waals surface area contributed by atoms with E-state index >= 15 is 0 Å². The maximum atomic E-state index is 11.9. The number of nitrogens with one attached hydrogen (secondary N) is 3. The lowest BCUT2D eigenvalue weighted by Crippen LogP contribution is -2.37. The largest absolute Gasteiger partial charge is 0.394 e. The Morgan fingerprint density at radius 2 is 2.00 bits per heavy atom. The molecule has 0 radical (unpaired) electrons. The molecular formula is C10H14N4O6. The fourth-order valence-corrected chi connectivity index (χ4v) is 2.42. The van der Waals surface area contributed by atoms with Crippen LogP contribution >= 0.6 is 0 Å². The third-order valence-electron chi connectivity index (χ3n) is 3.43. The lowest BCUT2D eigenvalue weighted by Gasteiger charge is -2.21. The van der Waals surface area contributed by atoms with Crippen molar-refractivity contribution < 1.29 is 24.9 Å². The summed E-state index contributed by atoms with van der Waals surface area (Å²) in [5.74, 6) is -0.282. The van der Waals surface area contributed by atoms with E-state index in [0.29, 0.717) is 0 Å². The van der Waals surface area contributed by atoms with Crippen molar-refractivity contribution in [3.63, 3.8) is 0 Å². The molecule has 0 saturated carbocycles. The Balaban J connectivity index is 2.03. The number of amides is 1. The first-order valence-electron chi connectivity index (χ1n) is 6.03. The van der Waals surface area contributed by atoms with Crippen LogP contribution in [0, 0.1) is 0 Å². The van der Waals surface area contributed by atoms with Gasteiger partial charge in [-0.25, -0.2) is 9.36 Å². The minimum atomic E-state index is -1.39. The topological polar surface area (TPSA) is 149 Å². The maximum Gasteiger partial charge on any atom is 0.330 e. The van der Waals surface area contributed by atoms with Crippen molar-refractivity contribution in [2.24, 2.45) is 0 Å². The zero-order valence-electron chi connectivity index (χ0n) is 10.2. The second-order valence-electron chi connectivity index (χ2n) is 4.61. The average molecular weight is 286 g/mol. The van der Waals surface area contributed by atoms with Gasteiger partial charge in [-0.05, 0) is 0 Å². The maximum absolute atomic E-state index is 11.9. The van der Waals surface area contributed by atoms with E-state index in [1.54, 1.807) is 0 Å². The van der Waals surface area contributed by atoms with Gasteiger partial charge in [-0.1, -0.05) is 0 Å². The van der Waals surface area contributed by atoms with E-state index in [1.165, 1.54) is 0 Å². The first-order chi connectivity index (χ1) is 9.54. The SMILES string of the molecule is O=C1NCNc2c1[nH]c(=O)n2[C@@H]1O[C@H](CO)[C@@H](O)[C@H]1O. The van der Waals surface area contributed by atoms with Crippen molar-refractivity contribution in [3.05, 3.63) is 16.2 Å². The molecule has 1 aromatic heterocycles. The average Bonchev–Trinajstić information content (AvgIpc) is 2.90. The number of fused-ring (bicyclic) bond motifs is 1. The summed E-state index contributed by atoms with van der Waals surface area (Å²) in [6.45, 7) is -0.373. The smallest absolute Gasteiger partial charge is 0.330 e. The van der Waals surface area contributed by atoms with Crippen LogP contribution in [0.4, 0.5) is 5.82 Å². The number of anilines is 1. The van der Waals surface area contributed by atoms with Crippen LogP contribution in [-0.4, -0.2) is 62.4 Å². The molecule has 1 saturated heterocycles. The Labute approximate surface area is 112 Å². The Hall–Kier alpha value is -1.88. The van der Waals surface area contributed by atoms with Gasteiger partial charge in [-0.2, -0.15) is 0 Å². The molecule has 0 aliphatic carbocycles. The van der Waals surface area contributed by atoms with Gasteiger partial charge >= 0.3 is 5.69 Å². The van der Waals surface area contributed by atoms with Crippen molar-refractivity contribution in [1.82, 2.24) is 14.9 Å². The summed E-state index contributed by atoms with van der Waals surface area (Å²) in [6.07, 6.45) is -4.89. The number of rotatable bonds is 2. The van der Waals surface area contributed by atoms with Crippen LogP contribution in [0.1, 0.15) is 16.7 Å². The molecule has 10 heteroatoms. The summed E-state index contributed by atoms with van der Waals surface area (Å²) in [7, 11) is 0. The van der Waals surface area contributed by atoms with E-state index in [1.807, 2.05) is 0 Å². The number of carbonyl (C=O) groups excluding carboxylic acids is 1. The predicted molar refractivity (Wildman–Crippen MR) is 64.0 cm³/mol. The van der Waals surface area contributed by atoms with Crippen molar-refractivity contribution in [1.29, 1.82) is 0 Å². The van der Waals surface area contributed by atoms with Crippen LogP contribution in [0.3, 0.4) is 0 Å². The molecule has 110 valence electrons. The molecule has 2 aliphatic rings. The highest BCUT2D eigenvalue weighted by molar-refractivity contribution is 5.98. The molecule has 20 heavy (non-hydrogen) atoms. The van der Waals surface area contributed by atoms with Crippen molar-refractivity contribution in [3.8, 4) is 0 Å². The number of aromatic nitrogens is 2. The van der Waals surface area contributed by atoms with Gasteiger partial charge in [0.05, 0.1) is 13.3 Å². The van der Waals surface area contributed by atoms with Gasteiger partial charge in [0.25, 0.3) is 5.91 Å². The number of ether oxygens (including phenoxy) is 1. The molecule has 0 bridgehead atoms. The Morgan fingerprint density at radius 1 is 1.25 bits per heavy atom. The minimum Gasteiger partial charge on any atom is -0.394 e. The van der Waals surface area contributed by atoms with Crippen LogP contribution in [0.2, 0.25) is 0 Å². The molecule has 2 aliphatic heterocycles. The summed E-state index contributed by atoms with van der Waals surface area (Å²) in [5, 5.41) is 34.0. The van der Waals surface area contributed by atoms with Crippen molar-refractivity contribution >= 4 is 11.7 Å². The molecule has 0 spiro atoms. The summed E-state index contributed by atoms with van der Waals surface area (Å²) in [6, 6.07) is 0. The van der Waals surface area contributed by atoms with Crippen molar-refractivity contribution in [2.75, 3.05) is 18.6 Å². The second-order valence-corrected chi connectivity index (χ2v) is 4.61. The van der Waals surface area contributed by atoms with E-state index in [-0.39, 0.29) is 18.2 Å². The first-order valence-corrected chi connectivity index (χ1v) is 6.03. The van der Waals surface area contributed by atoms with Gasteiger partial charge < -0.3 is 30.7 Å². The lowest BCUT2D eigenvalue weighted by molar-refractivity contribution is -0.0533. The quantitative estimate of drug-likeness (QED) is 0.337. The van der Waals surface area contributed by atoms with Crippen LogP contribution in [0.5, 0.6) is 0 Å². The van der Waals surface area contributed by atoms with Gasteiger partial charge in [0.1, 0.15) is 29.8 Å². The van der Waals surface area contributed by atoms with E-state index in [2.05, 4.69) is 15.6 Å². The van der Waals surface area contributed by atoms with E-state index in [4.69, 9.17) is 9.84 Å². The molecule has 0 unspecified atom stereocenters. The molecule has 6 N–H and O–H groups in total. The van der Waals surface area contributed by atoms with Gasteiger partial charge in [-0.15, -0.1) is 0 Å². The minimum absolute atomic E-state index is 0.0268. The number of H-pyrrole nitrogens is 1. The van der Waals surface area contributed by atoms with Crippen LogP contribution < -0.4 is 16.3 Å². The second kappa shape index (κ2) is 4.59.